The highest BCUT2D eigenvalue weighted by molar-refractivity contribution is 7.21. The van der Waals surface area contributed by atoms with Crippen LogP contribution in [0.5, 0.6) is 0 Å². The maximum Gasteiger partial charge on any atom is 0.337 e. The molecule has 0 aliphatic carbocycles. The molecule has 0 aliphatic heterocycles. The minimum absolute atomic E-state index is 0.0316. The number of hydrogen-bond donors (Lipinski definition) is 3. The Kier molecular flexibility index (Phi) is 5.92. The maximum atomic E-state index is 12.9. The van der Waals surface area contributed by atoms with Crippen LogP contribution < -0.4 is 10.6 Å². The summed E-state index contributed by atoms with van der Waals surface area (Å²) in [6, 6.07) is 11.1. The van der Waals surface area contributed by atoms with Crippen molar-refractivity contribution in [2.24, 2.45) is 0 Å². The van der Waals surface area contributed by atoms with Crippen molar-refractivity contribution < 1.29 is 19.5 Å². The molecular formula is C20H11Cl2N3O4S2. The molecule has 0 radical (unpaired) electrons. The van der Waals surface area contributed by atoms with Gasteiger partial charge in [-0.25, -0.2) is 9.78 Å². The summed E-state index contributed by atoms with van der Waals surface area (Å²) in [5, 5.41) is 15.9. The molecule has 0 saturated heterocycles. The van der Waals surface area contributed by atoms with Gasteiger partial charge in [0.25, 0.3) is 11.8 Å². The number of carbonyl (C=O) groups excluding carboxylic acids is 2. The average molecular weight is 492 g/mol. The van der Waals surface area contributed by atoms with E-state index in [1.165, 1.54) is 35.7 Å². The molecule has 4 rings (SSSR count). The minimum Gasteiger partial charge on any atom is -0.478 e. The molecule has 2 heterocycles. The smallest absolute Gasteiger partial charge is 0.337 e. The Labute approximate surface area is 193 Å². The van der Waals surface area contributed by atoms with Gasteiger partial charge in [0.15, 0.2) is 5.13 Å². The first-order valence-corrected chi connectivity index (χ1v) is 11.0. The second kappa shape index (κ2) is 8.64. The van der Waals surface area contributed by atoms with Crippen LogP contribution in [0.1, 0.15) is 30.4 Å². The number of carboxylic acid groups (broad SMARTS) is 1. The number of aromatic nitrogens is 1. The number of anilines is 2. The van der Waals surface area contributed by atoms with E-state index in [0.29, 0.717) is 9.47 Å². The van der Waals surface area contributed by atoms with Crippen molar-refractivity contribution in [2.45, 2.75) is 0 Å². The molecule has 0 aliphatic rings. The van der Waals surface area contributed by atoms with Gasteiger partial charge in [-0.05, 0) is 24.3 Å². The summed E-state index contributed by atoms with van der Waals surface area (Å²) in [5.74, 6) is -2.35. The van der Waals surface area contributed by atoms with E-state index in [-0.39, 0.29) is 26.7 Å². The number of halogens is 2. The quantitative estimate of drug-likeness (QED) is 0.323. The van der Waals surface area contributed by atoms with Gasteiger partial charge in [0.2, 0.25) is 0 Å². The summed E-state index contributed by atoms with van der Waals surface area (Å²) in [6.45, 7) is 0. The Morgan fingerprint density at radius 1 is 0.968 bits per heavy atom. The molecule has 31 heavy (non-hydrogen) atoms. The summed E-state index contributed by atoms with van der Waals surface area (Å²) in [6.07, 6.45) is 1.40. The molecule has 0 atom stereocenters. The number of hydrogen-bond acceptors (Lipinski definition) is 6. The van der Waals surface area contributed by atoms with E-state index in [4.69, 9.17) is 23.2 Å². The monoisotopic (exact) mass is 491 g/mol. The van der Waals surface area contributed by atoms with Crippen LogP contribution in [0, 0.1) is 0 Å². The van der Waals surface area contributed by atoms with Crippen LogP contribution in [-0.2, 0) is 0 Å². The number of nitrogens with one attached hydrogen (secondary N) is 2. The highest BCUT2D eigenvalue weighted by Gasteiger charge is 2.21. The van der Waals surface area contributed by atoms with Crippen molar-refractivity contribution in [1.82, 2.24) is 4.98 Å². The first-order valence-electron chi connectivity index (χ1n) is 8.62. The normalized spacial score (nSPS) is 10.8. The van der Waals surface area contributed by atoms with E-state index >= 15 is 0 Å². The van der Waals surface area contributed by atoms with Crippen LogP contribution in [0.4, 0.5) is 10.8 Å². The zero-order valence-electron chi connectivity index (χ0n) is 15.3. The standard InChI is InChI=1S/C20H11Cl2N3O4S2/c21-14-8-23-20(31-14)25-17(26)9-5-6-10(19(28)29)12(7-9)24-18(27)16-15(22)11-3-1-2-4-13(11)30-16/h1-8H,(H,24,27)(H,28,29)(H,23,25,26). The SMILES string of the molecule is O=C(Nc1ncc(Cl)s1)c1ccc(C(=O)O)c(NC(=O)c2sc3ccccc3c2Cl)c1. The number of benzene rings is 2. The Bertz CT molecular complexity index is 1350. The van der Waals surface area contributed by atoms with E-state index in [1.807, 2.05) is 18.2 Å². The number of nitrogens with zero attached hydrogens (tertiary/aromatic N) is 1. The van der Waals surface area contributed by atoms with E-state index < -0.39 is 17.8 Å². The molecule has 11 heteroatoms. The van der Waals surface area contributed by atoms with Gasteiger partial charge in [-0.3, -0.25) is 14.9 Å². The van der Waals surface area contributed by atoms with Crippen molar-refractivity contribution in [3.63, 3.8) is 0 Å². The average Bonchev–Trinajstić information content (AvgIpc) is 3.30. The molecule has 0 saturated carbocycles. The second-order valence-electron chi connectivity index (χ2n) is 6.18. The Morgan fingerprint density at radius 3 is 2.42 bits per heavy atom. The van der Waals surface area contributed by atoms with Crippen molar-refractivity contribution in [3.05, 3.63) is 74.0 Å². The third-order valence-electron chi connectivity index (χ3n) is 4.20. The number of fused-ring (bicyclic) bond motifs is 1. The molecule has 4 aromatic rings. The third kappa shape index (κ3) is 4.40. The van der Waals surface area contributed by atoms with Crippen LogP contribution in [0.15, 0.2) is 48.7 Å². The summed E-state index contributed by atoms with van der Waals surface area (Å²) >= 11 is 14.4. The van der Waals surface area contributed by atoms with Crippen molar-refractivity contribution >= 4 is 84.6 Å². The lowest BCUT2D eigenvalue weighted by atomic mass is 10.1. The topological polar surface area (TPSA) is 108 Å². The Hall–Kier alpha value is -2.98. The summed E-state index contributed by atoms with van der Waals surface area (Å²) in [5.41, 5.74) is -0.0654. The molecule has 2 aromatic carbocycles. The fourth-order valence-corrected chi connectivity index (χ4v) is 5.02. The Balaban J connectivity index is 1.64. The van der Waals surface area contributed by atoms with Crippen molar-refractivity contribution in [3.8, 4) is 0 Å². The molecule has 156 valence electrons. The number of thiophene rings is 1. The van der Waals surface area contributed by atoms with E-state index in [1.54, 1.807) is 6.07 Å². The molecule has 2 amide bonds. The lowest BCUT2D eigenvalue weighted by Gasteiger charge is -2.10. The van der Waals surface area contributed by atoms with Crippen LogP contribution in [0.25, 0.3) is 10.1 Å². The zero-order chi connectivity index (χ0) is 22.1. The zero-order valence-corrected chi connectivity index (χ0v) is 18.5. The maximum absolute atomic E-state index is 12.9. The Morgan fingerprint density at radius 2 is 1.74 bits per heavy atom. The fourth-order valence-electron chi connectivity index (χ4n) is 2.80. The van der Waals surface area contributed by atoms with E-state index in [2.05, 4.69) is 15.6 Å². The molecule has 0 bridgehead atoms. The van der Waals surface area contributed by atoms with Gasteiger partial charge in [0, 0.05) is 15.6 Å². The number of carbonyl (C=O) groups is 3. The van der Waals surface area contributed by atoms with Gasteiger partial charge in [0.05, 0.1) is 22.5 Å². The second-order valence-corrected chi connectivity index (χ2v) is 9.28. The number of amides is 2. The first-order chi connectivity index (χ1) is 14.8. The van der Waals surface area contributed by atoms with Crippen LogP contribution in [-0.4, -0.2) is 27.9 Å². The lowest BCUT2D eigenvalue weighted by Crippen LogP contribution is -2.17. The van der Waals surface area contributed by atoms with Crippen LogP contribution in [0.2, 0.25) is 9.36 Å². The van der Waals surface area contributed by atoms with Gasteiger partial charge < -0.3 is 10.4 Å². The fraction of sp³-hybridized carbons (Fsp3) is 0. The molecule has 3 N–H and O–H groups in total. The van der Waals surface area contributed by atoms with Gasteiger partial charge in [-0.2, -0.15) is 0 Å². The molecule has 2 aromatic heterocycles. The number of carboxylic acids is 1. The predicted octanol–water partition coefficient (Wildman–Crippen LogP) is 5.87. The van der Waals surface area contributed by atoms with Crippen LogP contribution >= 0.6 is 45.9 Å². The van der Waals surface area contributed by atoms with Crippen molar-refractivity contribution in [2.75, 3.05) is 10.6 Å². The van der Waals surface area contributed by atoms with Crippen LogP contribution in [0.3, 0.4) is 0 Å². The number of aromatic carboxylic acids is 1. The lowest BCUT2D eigenvalue weighted by molar-refractivity contribution is 0.0697. The number of rotatable bonds is 5. The largest absolute Gasteiger partial charge is 0.478 e. The molecule has 7 nitrogen and oxygen atoms in total. The molecular weight excluding hydrogens is 481 g/mol. The molecule has 0 spiro atoms. The van der Waals surface area contributed by atoms with Gasteiger partial charge in [0.1, 0.15) is 9.21 Å². The molecule has 0 fully saturated rings. The summed E-state index contributed by atoms with van der Waals surface area (Å²) in [4.78, 5) is 41.2. The minimum atomic E-state index is -1.25. The van der Waals surface area contributed by atoms with E-state index in [9.17, 15) is 19.5 Å². The van der Waals surface area contributed by atoms with Gasteiger partial charge in [-0.1, -0.05) is 52.7 Å². The van der Waals surface area contributed by atoms with E-state index in [0.717, 1.165) is 21.4 Å². The number of thiazole rings is 1. The highest BCUT2D eigenvalue weighted by atomic mass is 35.5. The predicted molar refractivity (Wildman–Crippen MR) is 123 cm³/mol. The van der Waals surface area contributed by atoms with Crippen molar-refractivity contribution in [1.29, 1.82) is 0 Å². The van der Waals surface area contributed by atoms with Gasteiger partial charge >= 0.3 is 5.97 Å². The third-order valence-corrected chi connectivity index (χ3v) is 6.90. The summed E-state index contributed by atoms with van der Waals surface area (Å²) in [7, 11) is 0. The first kappa shape index (κ1) is 21.3. The summed E-state index contributed by atoms with van der Waals surface area (Å²) < 4.78 is 1.23. The highest BCUT2D eigenvalue weighted by Crippen LogP contribution is 2.35. The molecule has 0 unspecified atom stereocenters. The van der Waals surface area contributed by atoms with Gasteiger partial charge in [-0.15, -0.1) is 11.3 Å².